The maximum atomic E-state index is 11.4. The van der Waals surface area contributed by atoms with Crippen molar-refractivity contribution in [1.29, 1.82) is 0 Å². The van der Waals surface area contributed by atoms with Crippen molar-refractivity contribution in [3.63, 3.8) is 0 Å². The Labute approximate surface area is 59.8 Å². The molecule has 0 unspecified atom stereocenters. The molecule has 0 aliphatic rings. The number of halogens is 3. The lowest BCUT2D eigenvalue weighted by molar-refractivity contribution is -0.210. The van der Waals surface area contributed by atoms with Crippen LogP contribution >= 0.6 is 0 Å². The lowest BCUT2D eigenvalue weighted by Crippen LogP contribution is -2.35. The largest absolute Gasteiger partial charge is 0.480 e. The average molecular weight is 173 g/mol. The highest BCUT2D eigenvalue weighted by Crippen LogP contribution is 2.14. The summed E-state index contributed by atoms with van der Waals surface area (Å²) in [5.74, 6) is -1.52. The number of carbonyl (C=O) groups is 1. The molecule has 4 nitrogen and oxygen atoms in total. The summed E-state index contributed by atoms with van der Waals surface area (Å²) in [4.78, 5) is 9.73. The highest BCUT2D eigenvalue weighted by Gasteiger charge is 2.30. The van der Waals surface area contributed by atoms with Gasteiger partial charge >= 0.3 is 12.1 Å². The van der Waals surface area contributed by atoms with E-state index < -0.39 is 25.2 Å². The topological polar surface area (TPSA) is 60.8 Å². The molecule has 0 rings (SSSR count). The molecule has 7 heteroatoms. The zero-order valence-corrected chi connectivity index (χ0v) is 5.30. The standard InChI is InChI=1S/C4H6F3NO3/c5-4(6,7)2-8(11)1-3(9)10/h11H,1-2H2,(H,9,10). The Bertz CT molecular complexity index is 146. The fraction of sp³-hybridized carbons (Fsp3) is 0.750. The van der Waals surface area contributed by atoms with Gasteiger partial charge in [0, 0.05) is 0 Å². The Morgan fingerprint density at radius 2 is 1.91 bits per heavy atom. The molecule has 0 atom stereocenters. The summed E-state index contributed by atoms with van der Waals surface area (Å²) in [6.07, 6.45) is -4.58. The van der Waals surface area contributed by atoms with Gasteiger partial charge in [0.15, 0.2) is 0 Å². The van der Waals surface area contributed by atoms with Crippen LogP contribution in [-0.2, 0) is 4.79 Å². The molecular weight excluding hydrogens is 167 g/mol. The maximum Gasteiger partial charge on any atom is 0.403 e. The molecule has 2 N–H and O–H groups in total. The van der Waals surface area contributed by atoms with Crippen LogP contribution in [-0.4, -0.2) is 40.6 Å². The molecule has 0 spiro atoms. The molecule has 0 aromatic carbocycles. The summed E-state index contributed by atoms with van der Waals surface area (Å²) >= 11 is 0. The van der Waals surface area contributed by atoms with Gasteiger partial charge in [0.1, 0.15) is 13.1 Å². The number of hydrogen-bond donors (Lipinski definition) is 2. The first kappa shape index (κ1) is 10.2. The van der Waals surface area contributed by atoms with Gasteiger partial charge in [0.05, 0.1) is 0 Å². The summed E-state index contributed by atoms with van der Waals surface area (Å²) in [5, 5.41) is 15.9. The van der Waals surface area contributed by atoms with Gasteiger partial charge in [-0.15, -0.1) is 0 Å². The van der Waals surface area contributed by atoms with Crippen molar-refractivity contribution >= 4 is 5.97 Å². The van der Waals surface area contributed by atoms with E-state index in [0.717, 1.165) is 0 Å². The second-order valence-corrected chi connectivity index (χ2v) is 1.83. The van der Waals surface area contributed by atoms with Crippen molar-refractivity contribution in [2.24, 2.45) is 0 Å². The molecule has 0 radical (unpaired) electrons. The predicted octanol–water partition coefficient (Wildman–Crippen LogP) is 0.325. The van der Waals surface area contributed by atoms with E-state index in [1.54, 1.807) is 0 Å². The zero-order chi connectivity index (χ0) is 9.07. The van der Waals surface area contributed by atoms with Crippen LogP contribution in [0.3, 0.4) is 0 Å². The Hall–Kier alpha value is -0.820. The van der Waals surface area contributed by atoms with Gasteiger partial charge in [-0.25, -0.2) is 0 Å². The van der Waals surface area contributed by atoms with Gasteiger partial charge in [-0.2, -0.15) is 18.2 Å². The molecule has 0 saturated carbocycles. The van der Waals surface area contributed by atoms with E-state index in [2.05, 4.69) is 0 Å². The van der Waals surface area contributed by atoms with Crippen molar-refractivity contribution in [2.45, 2.75) is 6.18 Å². The third kappa shape index (κ3) is 7.07. The van der Waals surface area contributed by atoms with E-state index in [9.17, 15) is 18.0 Å². The Kier molecular flexibility index (Phi) is 3.27. The van der Waals surface area contributed by atoms with Gasteiger partial charge in [0.2, 0.25) is 0 Å². The monoisotopic (exact) mass is 173 g/mol. The molecule has 66 valence electrons. The number of hydroxylamine groups is 2. The lowest BCUT2D eigenvalue weighted by atomic mass is 10.5. The number of alkyl halides is 3. The molecule has 0 aromatic heterocycles. The lowest BCUT2D eigenvalue weighted by Gasteiger charge is -2.13. The number of aliphatic carboxylic acids is 1. The minimum absolute atomic E-state index is 0.317. The van der Waals surface area contributed by atoms with Crippen LogP contribution in [0, 0.1) is 0 Å². The van der Waals surface area contributed by atoms with Gasteiger partial charge in [-0.3, -0.25) is 4.79 Å². The van der Waals surface area contributed by atoms with E-state index >= 15 is 0 Å². The first-order valence-corrected chi connectivity index (χ1v) is 2.53. The molecule has 0 heterocycles. The number of carboxylic acid groups (broad SMARTS) is 1. The Morgan fingerprint density at radius 3 is 2.18 bits per heavy atom. The van der Waals surface area contributed by atoms with Crippen LogP contribution in [0.15, 0.2) is 0 Å². The van der Waals surface area contributed by atoms with E-state index in [4.69, 9.17) is 10.3 Å². The van der Waals surface area contributed by atoms with Crippen LogP contribution < -0.4 is 0 Å². The van der Waals surface area contributed by atoms with Crippen LogP contribution in [0.25, 0.3) is 0 Å². The van der Waals surface area contributed by atoms with E-state index in [-0.39, 0.29) is 5.06 Å². The Morgan fingerprint density at radius 1 is 1.45 bits per heavy atom. The number of rotatable bonds is 3. The van der Waals surface area contributed by atoms with Crippen LogP contribution in [0.4, 0.5) is 13.2 Å². The summed E-state index contributed by atoms with van der Waals surface area (Å²) in [5.41, 5.74) is 0. The van der Waals surface area contributed by atoms with Crippen LogP contribution in [0.5, 0.6) is 0 Å². The second kappa shape index (κ2) is 3.54. The number of hydrogen-bond acceptors (Lipinski definition) is 3. The second-order valence-electron chi connectivity index (χ2n) is 1.83. The van der Waals surface area contributed by atoms with Crippen molar-refractivity contribution < 1.29 is 28.3 Å². The van der Waals surface area contributed by atoms with Crippen LogP contribution in [0.1, 0.15) is 0 Å². The number of carboxylic acids is 1. The molecule has 0 aromatic rings. The van der Waals surface area contributed by atoms with E-state index in [1.807, 2.05) is 0 Å². The van der Waals surface area contributed by atoms with Gasteiger partial charge < -0.3 is 10.3 Å². The average Bonchev–Trinajstić information content (AvgIpc) is 1.53. The maximum absolute atomic E-state index is 11.4. The summed E-state index contributed by atoms with van der Waals surface area (Å²) in [6.45, 7) is -2.68. The molecule has 11 heavy (non-hydrogen) atoms. The quantitative estimate of drug-likeness (QED) is 0.603. The fourth-order valence-corrected chi connectivity index (χ4v) is 0.419. The molecule has 0 amide bonds. The first-order valence-electron chi connectivity index (χ1n) is 2.53. The predicted molar refractivity (Wildman–Crippen MR) is 27.1 cm³/mol. The van der Waals surface area contributed by atoms with Crippen molar-refractivity contribution in [3.8, 4) is 0 Å². The molecular formula is C4H6F3NO3. The minimum Gasteiger partial charge on any atom is -0.480 e. The van der Waals surface area contributed by atoms with E-state index in [1.165, 1.54) is 0 Å². The third-order valence-corrected chi connectivity index (χ3v) is 0.680. The summed E-state index contributed by atoms with van der Waals surface area (Å²) < 4.78 is 34.1. The smallest absolute Gasteiger partial charge is 0.403 e. The molecule has 0 aliphatic heterocycles. The van der Waals surface area contributed by atoms with Crippen molar-refractivity contribution in [3.05, 3.63) is 0 Å². The fourth-order valence-electron chi connectivity index (χ4n) is 0.419. The van der Waals surface area contributed by atoms with Gasteiger partial charge in [0.25, 0.3) is 0 Å². The zero-order valence-electron chi connectivity index (χ0n) is 5.30. The van der Waals surface area contributed by atoms with Gasteiger partial charge in [-0.1, -0.05) is 0 Å². The minimum atomic E-state index is -4.58. The van der Waals surface area contributed by atoms with Crippen molar-refractivity contribution in [1.82, 2.24) is 5.06 Å². The van der Waals surface area contributed by atoms with Crippen molar-refractivity contribution in [2.75, 3.05) is 13.1 Å². The highest BCUT2D eigenvalue weighted by atomic mass is 19.4. The summed E-state index contributed by atoms with van der Waals surface area (Å²) in [6, 6.07) is 0. The molecule has 0 saturated heterocycles. The molecule has 0 bridgehead atoms. The third-order valence-electron chi connectivity index (χ3n) is 0.680. The van der Waals surface area contributed by atoms with Crippen LogP contribution in [0.2, 0.25) is 0 Å². The summed E-state index contributed by atoms with van der Waals surface area (Å²) in [7, 11) is 0. The Balaban J connectivity index is 3.69. The highest BCUT2D eigenvalue weighted by molar-refractivity contribution is 5.68. The van der Waals surface area contributed by atoms with E-state index in [0.29, 0.717) is 0 Å². The molecule has 0 fully saturated rings. The SMILES string of the molecule is O=C(O)CN(O)CC(F)(F)F. The normalized spacial score (nSPS) is 12.1. The molecule has 0 aliphatic carbocycles. The first-order chi connectivity index (χ1) is 4.81. The van der Waals surface area contributed by atoms with Gasteiger partial charge in [-0.05, 0) is 0 Å². The number of nitrogens with zero attached hydrogens (tertiary/aromatic N) is 1.